The molecule has 0 N–H and O–H groups in total. The Hall–Kier alpha value is -6.44. The highest BCUT2D eigenvalue weighted by atomic mass is 15.1. The van der Waals surface area contributed by atoms with Crippen molar-refractivity contribution in [1.29, 1.82) is 0 Å². The molecular formula is C56H47N. The van der Waals surface area contributed by atoms with Crippen molar-refractivity contribution in [3.8, 4) is 33.4 Å². The zero-order valence-corrected chi connectivity index (χ0v) is 32.4. The minimum absolute atomic E-state index is 0.589. The molecule has 0 spiro atoms. The van der Waals surface area contributed by atoms with E-state index in [1.165, 1.54) is 109 Å². The number of fused-ring (bicyclic) bond motifs is 2. The van der Waals surface area contributed by atoms with Crippen molar-refractivity contribution in [2.24, 2.45) is 0 Å². The minimum atomic E-state index is 0.589. The second-order valence-corrected chi connectivity index (χ2v) is 15.8. The summed E-state index contributed by atoms with van der Waals surface area (Å²) in [5, 5.41) is 5.40. The summed E-state index contributed by atoms with van der Waals surface area (Å²) in [5.74, 6) is 0.589. The third kappa shape index (κ3) is 6.78. The monoisotopic (exact) mass is 733 g/mol. The van der Waals surface area contributed by atoms with Crippen LogP contribution >= 0.6 is 0 Å². The lowest BCUT2D eigenvalue weighted by atomic mass is 9.80. The molecule has 10 rings (SSSR count). The van der Waals surface area contributed by atoms with Crippen LogP contribution < -0.4 is 15.3 Å². The molecule has 8 aromatic rings. The van der Waals surface area contributed by atoms with Crippen molar-refractivity contribution in [1.82, 2.24) is 0 Å². The molecule has 1 saturated carbocycles. The molecule has 0 radical (unpaired) electrons. The second-order valence-electron chi connectivity index (χ2n) is 15.8. The lowest BCUT2D eigenvalue weighted by Gasteiger charge is -2.31. The first-order valence-electron chi connectivity index (χ1n) is 20.8. The molecule has 57 heavy (non-hydrogen) atoms. The Morgan fingerprint density at radius 1 is 0.439 bits per heavy atom. The van der Waals surface area contributed by atoms with Crippen molar-refractivity contribution >= 4 is 39.5 Å². The molecule has 1 nitrogen and oxygen atoms in total. The van der Waals surface area contributed by atoms with Gasteiger partial charge in [0.25, 0.3) is 0 Å². The number of hydrogen-bond donors (Lipinski definition) is 0. The van der Waals surface area contributed by atoms with Crippen molar-refractivity contribution in [2.75, 3.05) is 4.90 Å². The van der Waals surface area contributed by atoms with E-state index in [2.05, 4.69) is 199 Å². The average molecular weight is 734 g/mol. The summed E-state index contributed by atoms with van der Waals surface area (Å²) in [5.41, 5.74) is 15.0. The SMILES string of the molecule is C1=c2ccccc2=C(c2cccc(N(c3ccc(-c4ccccc4)cc3-c3ccccc3)c3ccccc3-c3cccc4cccc(C5CCCCC5)c34)c2)CC1. The standard InChI is InChI=1S/C56H47N/c1-4-18-40(19-5-1)45-36-37-55(53(39-45)43-22-8-3-9-23-43)57(47-29-14-28-46(38-47)49-32-15-25-41-24-10-11-30-48(41)49)54-35-13-12-31-51(54)52-34-17-27-44-26-16-33-50(56(44)52)42-20-6-2-7-21-42/h1,3-5,8-14,16-19,22-31,33-39,42H,2,6-7,15,20-21,32H2. The maximum Gasteiger partial charge on any atom is 0.0540 e. The minimum Gasteiger partial charge on any atom is -0.309 e. The Kier molecular flexibility index (Phi) is 9.58. The number of anilines is 3. The number of nitrogens with zero attached hydrogens (tertiary/aromatic N) is 1. The molecule has 0 aliphatic heterocycles. The summed E-state index contributed by atoms with van der Waals surface area (Å²) in [6.07, 6.45) is 11.0. The van der Waals surface area contributed by atoms with Gasteiger partial charge in [-0.25, -0.2) is 0 Å². The van der Waals surface area contributed by atoms with Gasteiger partial charge in [0.1, 0.15) is 0 Å². The first-order chi connectivity index (χ1) is 28.3. The maximum absolute atomic E-state index is 2.54. The van der Waals surface area contributed by atoms with E-state index in [-0.39, 0.29) is 0 Å². The van der Waals surface area contributed by atoms with Gasteiger partial charge >= 0.3 is 0 Å². The van der Waals surface area contributed by atoms with Gasteiger partial charge in [-0.2, -0.15) is 0 Å². The van der Waals surface area contributed by atoms with Gasteiger partial charge in [-0.1, -0.05) is 183 Å². The van der Waals surface area contributed by atoms with Gasteiger partial charge in [0, 0.05) is 16.8 Å². The summed E-state index contributed by atoms with van der Waals surface area (Å²) in [7, 11) is 0. The van der Waals surface area contributed by atoms with Crippen molar-refractivity contribution in [3.63, 3.8) is 0 Å². The highest BCUT2D eigenvalue weighted by Gasteiger charge is 2.25. The van der Waals surface area contributed by atoms with Crippen LogP contribution in [0.1, 0.15) is 62.0 Å². The number of hydrogen-bond acceptors (Lipinski definition) is 1. The van der Waals surface area contributed by atoms with Gasteiger partial charge in [-0.3, -0.25) is 0 Å². The van der Waals surface area contributed by atoms with Crippen LogP contribution in [0.25, 0.3) is 55.8 Å². The molecule has 276 valence electrons. The molecule has 0 bridgehead atoms. The Morgan fingerprint density at radius 2 is 1.11 bits per heavy atom. The zero-order valence-electron chi connectivity index (χ0n) is 32.4. The van der Waals surface area contributed by atoms with Crippen molar-refractivity contribution in [3.05, 3.63) is 210 Å². The Bertz CT molecular complexity index is 2820. The largest absolute Gasteiger partial charge is 0.309 e. The van der Waals surface area contributed by atoms with Crippen LogP contribution in [0.5, 0.6) is 0 Å². The van der Waals surface area contributed by atoms with Crippen LogP contribution in [-0.2, 0) is 0 Å². The molecule has 1 heteroatoms. The van der Waals surface area contributed by atoms with Gasteiger partial charge in [-0.15, -0.1) is 0 Å². The molecule has 0 aromatic heterocycles. The lowest BCUT2D eigenvalue weighted by molar-refractivity contribution is 0.445. The predicted molar refractivity (Wildman–Crippen MR) is 243 cm³/mol. The Labute approximate surface area is 336 Å². The first kappa shape index (κ1) is 35.0. The molecular weight excluding hydrogens is 687 g/mol. The highest BCUT2D eigenvalue weighted by Crippen LogP contribution is 2.48. The number of rotatable bonds is 8. The Morgan fingerprint density at radius 3 is 1.95 bits per heavy atom. The van der Waals surface area contributed by atoms with Crippen LogP contribution in [-0.4, -0.2) is 0 Å². The van der Waals surface area contributed by atoms with E-state index in [9.17, 15) is 0 Å². The molecule has 8 aromatic carbocycles. The van der Waals surface area contributed by atoms with Crippen LogP contribution in [0.15, 0.2) is 188 Å². The zero-order chi connectivity index (χ0) is 38.0. The molecule has 2 aliphatic rings. The Balaban J connectivity index is 1.24. The number of para-hydroxylation sites is 1. The van der Waals surface area contributed by atoms with Gasteiger partial charge in [0.2, 0.25) is 0 Å². The fourth-order valence-electron chi connectivity index (χ4n) is 9.63. The van der Waals surface area contributed by atoms with E-state index >= 15 is 0 Å². The van der Waals surface area contributed by atoms with Crippen molar-refractivity contribution in [2.45, 2.75) is 50.9 Å². The highest BCUT2D eigenvalue weighted by molar-refractivity contribution is 6.04. The molecule has 1 fully saturated rings. The topological polar surface area (TPSA) is 3.24 Å². The molecule has 0 unspecified atom stereocenters. The second kappa shape index (κ2) is 15.6. The molecule has 0 heterocycles. The molecule has 0 atom stereocenters. The van der Waals surface area contributed by atoms with Crippen LogP contribution in [0.3, 0.4) is 0 Å². The van der Waals surface area contributed by atoms with Crippen LogP contribution in [0.4, 0.5) is 17.1 Å². The maximum atomic E-state index is 2.54. The van der Waals surface area contributed by atoms with Gasteiger partial charge in [0.05, 0.1) is 11.4 Å². The fourth-order valence-corrected chi connectivity index (χ4v) is 9.63. The molecule has 0 amide bonds. The normalized spacial score (nSPS) is 14.2. The quantitative estimate of drug-likeness (QED) is 0.150. The smallest absolute Gasteiger partial charge is 0.0540 e. The predicted octanol–water partition coefficient (Wildman–Crippen LogP) is 14.1. The third-order valence-electron chi connectivity index (χ3n) is 12.3. The first-order valence-corrected chi connectivity index (χ1v) is 20.8. The van der Waals surface area contributed by atoms with Crippen LogP contribution in [0, 0.1) is 0 Å². The van der Waals surface area contributed by atoms with Gasteiger partial charge in [-0.05, 0) is 122 Å². The summed E-state index contributed by atoms with van der Waals surface area (Å²) in [4.78, 5) is 2.54. The fraction of sp³-hybridized carbons (Fsp3) is 0.143. The number of benzene rings is 8. The summed E-state index contributed by atoms with van der Waals surface area (Å²) >= 11 is 0. The van der Waals surface area contributed by atoms with E-state index < -0.39 is 0 Å². The average Bonchev–Trinajstić information content (AvgIpc) is 3.30. The van der Waals surface area contributed by atoms with E-state index in [1.807, 2.05) is 0 Å². The van der Waals surface area contributed by atoms with Gasteiger partial charge in [0.15, 0.2) is 0 Å². The van der Waals surface area contributed by atoms with E-state index in [4.69, 9.17) is 0 Å². The summed E-state index contributed by atoms with van der Waals surface area (Å²) in [6, 6.07) is 70.0. The van der Waals surface area contributed by atoms with E-state index in [0.29, 0.717) is 5.92 Å². The van der Waals surface area contributed by atoms with Crippen LogP contribution in [0.2, 0.25) is 0 Å². The van der Waals surface area contributed by atoms with E-state index in [0.717, 1.165) is 24.2 Å². The third-order valence-corrected chi connectivity index (χ3v) is 12.3. The molecule has 2 aliphatic carbocycles. The molecule has 0 saturated heterocycles. The van der Waals surface area contributed by atoms with Crippen molar-refractivity contribution < 1.29 is 0 Å². The lowest BCUT2D eigenvalue weighted by Crippen LogP contribution is -2.29. The van der Waals surface area contributed by atoms with E-state index in [1.54, 1.807) is 0 Å². The van der Waals surface area contributed by atoms with Gasteiger partial charge < -0.3 is 4.90 Å². The summed E-state index contributed by atoms with van der Waals surface area (Å²) in [6.45, 7) is 0. The summed E-state index contributed by atoms with van der Waals surface area (Å²) < 4.78 is 0.